The van der Waals surface area contributed by atoms with Gasteiger partial charge in [-0.05, 0) is 68.7 Å². The molecule has 2 N–H and O–H groups in total. The molecule has 4 atom stereocenters. The molecule has 3 aromatic heterocycles. The summed E-state index contributed by atoms with van der Waals surface area (Å²) in [7, 11) is 3.43. The summed E-state index contributed by atoms with van der Waals surface area (Å²) in [5.74, 6) is -3.76. The van der Waals surface area contributed by atoms with E-state index in [1.165, 1.54) is 12.1 Å². The molecule has 65 heavy (non-hydrogen) atoms. The van der Waals surface area contributed by atoms with Crippen molar-refractivity contribution in [1.29, 1.82) is 0 Å². The van der Waals surface area contributed by atoms with Gasteiger partial charge in [-0.2, -0.15) is 5.10 Å². The highest BCUT2D eigenvalue weighted by Crippen LogP contribution is 2.35. The van der Waals surface area contributed by atoms with Crippen LogP contribution < -0.4 is 20.3 Å². The van der Waals surface area contributed by atoms with Gasteiger partial charge in [0.1, 0.15) is 18.2 Å². The molecule has 2 aromatic carbocycles. The van der Waals surface area contributed by atoms with E-state index >= 15 is 8.78 Å². The Morgan fingerprint density at radius 3 is 2.55 bits per heavy atom. The summed E-state index contributed by atoms with van der Waals surface area (Å²) < 4.78 is 52.4. The number of hydrogen-bond acceptors (Lipinski definition) is 12. The highest BCUT2D eigenvalue weighted by atomic mass is 19.1. The lowest BCUT2D eigenvalue weighted by Gasteiger charge is -2.42. The number of imide groups is 1. The number of carbonyl (C=O) groups excluding carboxylic acids is 4. The van der Waals surface area contributed by atoms with E-state index < -0.39 is 29.4 Å². The van der Waals surface area contributed by atoms with Crippen LogP contribution in [0.2, 0.25) is 0 Å². The molecule has 3 fully saturated rings. The van der Waals surface area contributed by atoms with Crippen molar-refractivity contribution in [2.45, 2.75) is 64.3 Å². The lowest BCUT2D eigenvalue weighted by molar-refractivity contribution is -0.139. The number of fused-ring (bicyclic) bond motifs is 7. The number of benzene rings is 2. The SMILES string of the molecule is COC[C@H]1CN(C(=O)[C@@H]2CCN(c3cc(F)c([C@H]4CCC(=O)NC4=O)c(F)c3)C2)CCN1Cc1ccc2nc3n(c2c1)C[C@H](C)OCCOc1c(cnn1C)-c1cc(cc(C)n1)C(=O)N3. The van der Waals surface area contributed by atoms with E-state index in [1.54, 1.807) is 42.1 Å². The third kappa shape index (κ3) is 9.04. The predicted molar refractivity (Wildman–Crippen MR) is 234 cm³/mol. The molecule has 0 spiro atoms. The molecule has 7 heterocycles. The second kappa shape index (κ2) is 18.3. The summed E-state index contributed by atoms with van der Waals surface area (Å²) in [6, 6.07) is 11.8. The second-order valence-corrected chi connectivity index (χ2v) is 17.3. The van der Waals surface area contributed by atoms with Gasteiger partial charge >= 0.3 is 0 Å². The quantitative estimate of drug-likeness (QED) is 0.223. The zero-order valence-electron chi connectivity index (χ0n) is 36.8. The molecule has 9 rings (SSSR count). The van der Waals surface area contributed by atoms with Crippen LogP contribution in [0.15, 0.2) is 48.7 Å². The normalized spacial score (nSPS) is 22.2. The summed E-state index contributed by atoms with van der Waals surface area (Å²) in [6.07, 6.45) is 1.97. The van der Waals surface area contributed by atoms with Crippen molar-refractivity contribution in [2.24, 2.45) is 13.0 Å². The molecule has 0 aliphatic carbocycles. The fourth-order valence-electron chi connectivity index (χ4n) is 9.52. The number of pyridine rings is 1. The second-order valence-electron chi connectivity index (χ2n) is 17.3. The Labute approximate surface area is 374 Å². The number of nitrogens with zero attached hydrogens (tertiary/aromatic N) is 8. The monoisotopic (exact) mass is 894 g/mol. The van der Waals surface area contributed by atoms with Gasteiger partial charge in [0.05, 0.1) is 72.2 Å². The van der Waals surface area contributed by atoms with E-state index in [9.17, 15) is 19.2 Å². The highest BCUT2D eigenvalue weighted by Gasteiger charge is 2.38. The summed E-state index contributed by atoms with van der Waals surface area (Å²) in [5.41, 5.74) is 4.81. The maximum atomic E-state index is 15.4. The number of methoxy groups -OCH3 is 1. The predicted octanol–water partition coefficient (Wildman–Crippen LogP) is 4.17. The summed E-state index contributed by atoms with van der Waals surface area (Å²) in [4.78, 5) is 67.4. The number of nitrogens with one attached hydrogen (secondary N) is 2. The third-order valence-corrected chi connectivity index (χ3v) is 12.8. The van der Waals surface area contributed by atoms with Gasteiger partial charge in [-0.1, -0.05) is 6.07 Å². The van der Waals surface area contributed by atoms with Crippen LogP contribution in [0.3, 0.4) is 0 Å². The molecule has 2 bridgehead atoms. The smallest absolute Gasteiger partial charge is 0.258 e. The fraction of sp³-hybridized carbons (Fsp3) is 0.457. The highest BCUT2D eigenvalue weighted by molar-refractivity contribution is 6.05. The number of ether oxygens (including phenoxy) is 3. The fourth-order valence-corrected chi connectivity index (χ4v) is 9.52. The van der Waals surface area contributed by atoms with Gasteiger partial charge in [0.15, 0.2) is 0 Å². The zero-order valence-corrected chi connectivity index (χ0v) is 36.8. The Balaban J connectivity index is 0.889. The maximum Gasteiger partial charge on any atom is 0.258 e. The molecular weight excluding hydrogens is 843 g/mol. The summed E-state index contributed by atoms with van der Waals surface area (Å²) in [5, 5.41) is 9.58. The molecular formula is C46H52F2N10O7. The number of aromatic nitrogens is 5. The molecule has 4 aliphatic rings. The van der Waals surface area contributed by atoms with Crippen molar-refractivity contribution < 1.29 is 42.2 Å². The van der Waals surface area contributed by atoms with E-state index in [-0.39, 0.29) is 54.9 Å². The molecule has 4 aliphatic heterocycles. The van der Waals surface area contributed by atoms with Gasteiger partial charge in [-0.3, -0.25) is 39.7 Å². The van der Waals surface area contributed by atoms with E-state index in [2.05, 4.69) is 31.7 Å². The molecule has 342 valence electrons. The van der Waals surface area contributed by atoms with Crippen LogP contribution in [-0.4, -0.2) is 130 Å². The van der Waals surface area contributed by atoms with Crippen LogP contribution in [0.1, 0.15) is 59.3 Å². The van der Waals surface area contributed by atoms with Gasteiger partial charge in [0, 0.05) is 82.4 Å². The van der Waals surface area contributed by atoms with Crippen LogP contribution in [0.4, 0.5) is 20.4 Å². The first-order valence-electron chi connectivity index (χ1n) is 22.0. The Morgan fingerprint density at radius 2 is 1.77 bits per heavy atom. The first-order valence-corrected chi connectivity index (χ1v) is 22.0. The molecule has 5 aromatic rings. The number of amides is 4. The average Bonchev–Trinajstić information content (AvgIpc) is 4.00. The van der Waals surface area contributed by atoms with E-state index in [0.717, 1.165) is 11.1 Å². The summed E-state index contributed by atoms with van der Waals surface area (Å²) in [6.45, 7) is 8.02. The standard InChI is InChI=1S/C46H52F2N10O7/c1-26-15-30-17-38(50-26)34-20-49-54(3)45(34)65-14-13-64-27(2)21-58-39-16-28(5-7-37(39)51-46(58)53-42(30)60)22-56-11-12-57(24-32(56)25-63-4)44(62)29-9-10-55(23-29)31-18-35(47)41(36(48)19-31)33-6-8-40(59)52-43(33)61/h5,7,15-20,27,29,32-33H,6,8-14,21-25H2,1-4H3,(H,51,53,60)(H,52,59,61)/t27-,29+,32+,33+/m0/s1. The Kier molecular flexibility index (Phi) is 12.4. The molecule has 0 saturated carbocycles. The first kappa shape index (κ1) is 43.9. The molecule has 3 saturated heterocycles. The van der Waals surface area contributed by atoms with Crippen LogP contribution in [0.5, 0.6) is 5.88 Å². The minimum Gasteiger partial charge on any atom is -0.475 e. The molecule has 4 amide bonds. The lowest BCUT2D eigenvalue weighted by atomic mass is 9.89. The van der Waals surface area contributed by atoms with Crippen molar-refractivity contribution >= 4 is 46.3 Å². The van der Waals surface area contributed by atoms with Crippen molar-refractivity contribution in [3.05, 3.63) is 82.7 Å². The number of piperidine rings is 1. The number of imidazole rings is 1. The number of hydrogen-bond donors (Lipinski definition) is 2. The van der Waals surface area contributed by atoms with Crippen LogP contribution in [-0.2, 0) is 44.0 Å². The van der Waals surface area contributed by atoms with Crippen LogP contribution in [0, 0.1) is 24.5 Å². The first-order chi connectivity index (χ1) is 31.3. The van der Waals surface area contributed by atoms with Crippen LogP contribution >= 0.6 is 0 Å². The minimum absolute atomic E-state index is 0.00861. The number of aryl methyl sites for hydroxylation is 2. The molecule has 0 unspecified atom stereocenters. The number of carbonyl (C=O) groups is 4. The van der Waals surface area contributed by atoms with Crippen molar-refractivity contribution in [3.63, 3.8) is 0 Å². The number of halogens is 2. The lowest BCUT2D eigenvalue weighted by Crippen LogP contribution is -2.57. The van der Waals surface area contributed by atoms with Gasteiger partial charge in [0.25, 0.3) is 5.91 Å². The molecule has 0 radical (unpaired) electrons. The van der Waals surface area contributed by atoms with Gasteiger partial charge < -0.3 is 28.6 Å². The Hall–Kier alpha value is -6.31. The number of rotatable bonds is 7. The topological polar surface area (TPSA) is 178 Å². The van der Waals surface area contributed by atoms with Crippen LogP contribution in [0.25, 0.3) is 22.3 Å². The maximum absolute atomic E-state index is 15.4. The largest absolute Gasteiger partial charge is 0.475 e. The molecule has 17 nitrogen and oxygen atoms in total. The Morgan fingerprint density at radius 1 is 0.954 bits per heavy atom. The van der Waals surface area contributed by atoms with E-state index in [1.807, 2.05) is 35.4 Å². The van der Waals surface area contributed by atoms with Crippen molar-refractivity contribution in [2.75, 3.05) is 69.9 Å². The number of anilines is 2. The van der Waals surface area contributed by atoms with Crippen molar-refractivity contribution in [1.82, 2.24) is 39.4 Å². The average molecular weight is 895 g/mol. The van der Waals surface area contributed by atoms with Gasteiger partial charge in [0.2, 0.25) is 29.5 Å². The minimum atomic E-state index is -1.08. The Bertz CT molecular complexity index is 2650. The molecule has 19 heteroatoms. The third-order valence-electron chi connectivity index (χ3n) is 12.8. The van der Waals surface area contributed by atoms with Gasteiger partial charge in [-0.25, -0.2) is 18.4 Å². The summed E-state index contributed by atoms with van der Waals surface area (Å²) >= 11 is 0. The van der Waals surface area contributed by atoms with Crippen molar-refractivity contribution in [3.8, 4) is 17.1 Å². The van der Waals surface area contributed by atoms with Gasteiger partial charge in [-0.15, -0.1) is 0 Å². The zero-order chi connectivity index (χ0) is 45.5. The van der Waals surface area contributed by atoms with E-state index in [0.29, 0.717) is 111 Å². The number of piperazine rings is 1. The van der Waals surface area contributed by atoms with E-state index in [4.69, 9.17) is 19.2 Å².